The summed E-state index contributed by atoms with van der Waals surface area (Å²) in [6, 6.07) is 4.35. The summed E-state index contributed by atoms with van der Waals surface area (Å²) in [5.74, 6) is 0. The van der Waals surface area contributed by atoms with Gasteiger partial charge in [-0.2, -0.15) is 0 Å². The summed E-state index contributed by atoms with van der Waals surface area (Å²) in [5, 5.41) is 3.59. The maximum atomic E-state index is 4.55. The summed E-state index contributed by atoms with van der Waals surface area (Å²) in [7, 11) is 0. The molecule has 2 aliphatic rings. The predicted octanol–water partition coefficient (Wildman–Crippen LogP) is 2.36. The summed E-state index contributed by atoms with van der Waals surface area (Å²) in [5.41, 5.74) is 3.00. The van der Waals surface area contributed by atoms with Gasteiger partial charge in [0.05, 0.1) is 5.69 Å². The molecular formula is C16H25N3. The fraction of sp³-hybridized carbons (Fsp3) is 0.688. The molecule has 0 radical (unpaired) electrons. The van der Waals surface area contributed by atoms with E-state index in [-0.39, 0.29) is 0 Å². The molecule has 0 bridgehead atoms. The Labute approximate surface area is 116 Å². The van der Waals surface area contributed by atoms with Gasteiger partial charge in [0.1, 0.15) is 0 Å². The normalized spacial score (nSPS) is 28.7. The number of hydrogen-bond acceptors (Lipinski definition) is 3. The van der Waals surface area contributed by atoms with Crippen LogP contribution in [0.1, 0.15) is 36.9 Å². The van der Waals surface area contributed by atoms with E-state index in [2.05, 4.69) is 34.3 Å². The number of rotatable bonds is 2. The fourth-order valence-electron chi connectivity index (χ4n) is 3.64. The zero-order valence-electron chi connectivity index (χ0n) is 12.0. The Morgan fingerprint density at radius 1 is 1.32 bits per heavy atom. The molecule has 0 aliphatic carbocycles. The molecule has 1 atom stereocenters. The van der Waals surface area contributed by atoms with Gasteiger partial charge in [-0.3, -0.25) is 9.88 Å². The average molecular weight is 259 g/mol. The maximum Gasteiger partial charge on any atom is 0.0544 e. The van der Waals surface area contributed by atoms with Crippen LogP contribution in [0, 0.1) is 12.3 Å². The molecule has 0 amide bonds. The second kappa shape index (κ2) is 5.59. The number of aryl methyl sites for hydroxylation is 1. The molecule has 3 heterocycles. The molecule has 1 spiro atoms. The van der Waals surface area contributed by atoms with Gasteiger partial charge in [-0.25, -0.2) is 0 Å². The van der Waals surface area contributed by atoms with E-state index in [0.29, 0.717) is 5.41 Å². The van der Waals surface area contributed by atoms with Crippen molar-refractivity contribution in [1.82, 2.24) is 15.2 Å². The first kappa shape index (κ1) is 13.1. The van der Waals surface area contributed by atoms with Crippen molar-refractivity contribution >= 4 is 0 Å². The third kappa shape index (κ3) is 3.15. The molecule has 0 saturated carbocycles. The maximum absolute atomic E-state index is 4.55. The largest absolute Gasteiger partial charge is 0.316 e. The molecule has 3 rings (SSSR count). The highest BCUT2D eigenvalue weighted by atomic mass is 15.2. The minimum atomic E-state index is 0.543. The van der Waals surface area contributed by atoms with Crippen molar-refractivity contribution in [3.8, 4) is 0 Å². The van der Waals surface area contributed by atoms with E-state index in [1.54, 1.807) is 0 Å². The second-order valence-corrected chi connectivity index (χ2v) is 6.42. The predicted molar refractivity (Wildman–Crippen MR) is 78.0 cm³/mol. The Balaban J connectivity index is 1.63. The summed E-state index contributed by atoms with van der Waals surface area (Å²) in [4.78, 5) is 7.15. The standard InChI is InChI=1S/C16H25N3/c1-14-4-5-15(18-10-14)11-19-9-3-7-16(13-19)6-2-8-17-12-16/h4-5,10,17H,2-3,6-9,11-13H2,1H3. The number of aromatic nitrogens is 1. The Bertz CT molecular complexity index is 401. The Hall–Kier alpha value is -0.930. The van der Waals surface area contributed by atoms with Crippen LogP contribution in [-0.4, -0.2) is 36.1 Å². The Morgan fingerprint density at radius 2 is 2.21 bits per heavy atom. The lowest BCUT2D eigenvalue weighted by atomic mass is 9.74. The molecule has 1 N–H and O–H groups in total. The first-order valence-electron chi connectivity index (χ1n) is 7.60. The van der Waals surface area contributed by atoms with E-state index < -0.39 is 0 Å². The van der Waals surface area contributed by atoms with Gasteiger partial charge >= 0.3 is 0 Å². The van der Waals surface area contributed by atoms with Gasteiger partial charge < -0.3 is 5.32 Å². The fourth-order valence-corrected chi connectivity index (χ4v) is 3.64. The van der Waals surface area contributed by atoms with Gasteiger partial charge in [0.2, 0.25) is 0 Å². The van der Waals surface area contributed by atoms with E-state index in [1.165, 1.54) is 63.1 Å². The zero-order chi connectivity index (χ0) is 13.1. The van der Waals surface area contributed by atoms with Crippen molar-refractivity contribution in [1.29, 1.82) is 0 Å². The molecular weight excluding hydrogens is 234 g/mol. The smallest absolute Gasteiger partial charge is 0.0544 e. The van der Waals surface area contributed by atoms with E-state index in [0.717, 1.165) is 6.54 Å². The van der Waals surface area contributed by atoms with E-state index >= 15 is 0 Å². The number of pyridine rings is 1. The molecule has 1 aromatic rings. The van der Waals surface area contributed by atoms with Crippen molar-refractivity contribution in [2.24, 2.45) is 5.41 Å². The highest BCUT2D eigenvalue weighted by Gasteiger charge is 2.36. The van der Waals surface area contributed by atoms with Crippen molar-refractivity contribution in [3.05, 3.63) is 29.6 Å². The molecule has 3 nitrogen and oxygen atoms in total. The second-order valence-electron chi connectivity index (χ2n) is 6.42. The average Bonchev–Trinajstić information content (AvgIpc) is 2.42. The molecule has 2 saturated heterocycles. The van der Waals surface area contributed by atoms with Crippen LogP contribution < -0.4 is 5.32 Å². The third-order valence-corrected chi connectivity index (χ3v) is 4.66. The number of hydrogen-bond donors (Lipinski definition) is 1. The molecule has 2 aliphatic heterocycles. The van der Waals surface area contributed by atoms with Crippen LogP contribution in [0.25, 0.3) is 0 Å². The lowest BCUT2D eigenvalue weighted by molar-refractivity contribution is 0.0593. The van der Waals surface area contributed by atoms with Crippen LogP contribution in [0.2, 0.25) is 0 Å². The van der Waals surface area contributed by atoms with Crippen molar-refractivity contribution < 1.29 is 0 Å². The lowest BCUT2D eigenvalue weighted by Crippen LogP contribution is -2.50. The van der Waals surface area contributed by atoms with Gasteiger partial charge in [0, 0.05) is 25.8 Å². The zero-order valence-corrected chi connectivity index (χ0v) is 12.0. The van der Waals surface area contributed by atoms with Crippen molar-refractivity contribution in [2.75, 3.05) is 26.2 Å². The van der Waals surface area contributed by atoms with Crippen LogP contribution >= 0.6 is 0 Å². The SMILES string of the molecule is Cc1ccc(CN2CCCC3(CCCNC3)C2)nc1. The molecule has 19 heavy (non-hydrogen) atoms. The number of nitrogens with zero attached hydrogens (tertiary/aromatic N) is 2. The minimum absolute atomic E-state index is 0.543. The van der Waals surface area contributed by atoms with Crippen LogP contribution in [0.4, 0.5) is 0 Å². The summed E-state index contributed by atoms with van der Waals surface area (Å²) < 4.78 is 0. The first-order chi connectivity index (χ1) is 9.26. The van der Waals surface area contributed by atoms with E-state index in [4.69, 9.17) is 0 Å². The van der Waals surface area contributed by atoms with Gasteiger partial charge in [-0.05, 0) is 62.7 Å². The van der Waals surface area contributed by atoms with E-state index in [1.807, 2.05) is 6.20 Å². The monoisotopic (exact) mass is 259 g/mol. The third-order valence-electron chi connectivity index (χ3n) is 4.66. The van der Waals surface area contributed by atoms with Crippen LogP contribution in [0.5, 0.6) is 0 Å². The van der Waals surface area contributed by atoms with Crippen LogP contribution in [0.3, 0.4) is 0 Å². The molecule has 1 unspecified atom stereocenters. The van der Waals surface area contributed by atoms with Gasteiger partial charge in [0.25, 0.3) is 0 Å². The van der Waals surface area contributed by atoms with E-state index in [9.17, 15) is 0 Å². The van der Waals surface area contributed by atoms with Gasteiger partial charge in [-0.15, -0.1) is 0 Å². The van der Waals surface area contributed by atoms with Crippen molar-refractivity contribution in [2.45, 2.75) is 39.2 Å². The summed E-state index contributed by atoms with van der Waals surface area (Å²) >= 11 is 0. The highest BCUT2D eigenvalue weighted by Crippen LogP contribution is 2.36. The molecule has 3 heteroatoms. The Morgan fingerprint density at radius 3 is 2.95 bits per heavy atom. The number of piperidine rings is 2. The topological polar surface area (TPSA) is 28.2 Å². The number of nitrogens with one attached hydrogen (secondary N) is 1. The Kier molecular flexibility index (Phi) is 3.85. The molecule has 1 aromatic heterocycles. The highest BCUT2D eigenvalue weighted by molar-refractivity contribution is 5.12. The summed E-state index contributed by atoms with van der Waals surface area (Å²) in [6.45, 7) is 8.02. The lowest BCUT2D eigenvalue weighted by Gasteiger charge is -2.45. The molecule has 104 valence electrons. The quantitative estimate of drug-likeness (QED) is 0.883. The van der Waals surface area contributed by atoms with Gasteiger partial charge in [-0.1, -0.05) is 6.07 Å². The minimum Gasteiger partial charge on any atom is -0.316 e. The summed E-state index contributed by atoms with van der Waals surface area (Å²) in [6.07, 6.45) is 7.47. The van der Waals surface area contributed by atoms with Crippen LogP contribution in [0.15, 0.2) is 18.3 Å². The number of likely N-dealkylation sites (tertiary alicyclic amines) is 1. The van der Waals surface area contributed by atoms with Gasteiger partial charge in [0.15, 0.2) is 0 Å². The molecule has 2 fully saturated rings. The first-order valence-corrected chi connectivity index (χ1v) is 7.60. The van der Waals surface area contributed by atoms with Crippen molar-refractivity contribution in [3.63, 3.8) is 0 Å². The molecule has 0 aromatic carbocycles. The van der Waals surface area contributed by atoms with Crippen LogP contribution in [-0.2, 0) is 6.54 Å².